The lowest BCUT2D eigenvalue weighted by atomic mass is 10.1. The summed E-state index contributed by atoms with van der Waals surface area (Å²) in [6, 6.07) is 2.07. The fourth-order valence-electron chi connectivity index (χ4n) is 1.56. The van der Waals surface area contributed by atoms with E-state index in [1.165, 1.54) is 11.1 Å². The molecule has 0 bridgehead atoms. The van der Waals surface area contributed by atoms with Gasteiger partial charge in [-0.3, -0.25) is 9.98 Å². The Morgan fingerprint density at radius 3 is 2.67 bits per heavy atom. The summed E-state index contributed by atoms with van der Waals surface area (Å²) in [7, 11) is 1.79. The average molecular weight is 362 g/mol. The Morgan fingerprint density at radius 1 is 1.33 bits per heavy atom. The van der Waals surface area contributed by atoms with Gasteiger partial charge in [0, 0.05) is 32.5 Å². The van der Waals surface area contributed by atoms with E-state index in [-0.39, 0.29) is 24.0 Å². The number of hydrogen-bond donors (Lipinski definition) is 2. The second kappa shape index (κ2) is 10.1. The standard InChI is InChI=1S/C13H22N4.HI/c1-4-7-16-13(14-3)17-9-6-12-5-8-15-10-11(12)2;/h5,8,10H,4,6-7,9H2,1-3H3,(H2,14,16,17);1H. The molecule has 0 fully saturated rings. The normalized spacial score (nSPS) is 10.7. The molecule has 5 heteroatoms. The zero-order valence-corrected chi connectivity index (χ0v) is 13.7. The zero-order valence-electron chi connectivity index (χ0n) is 11.4. The second-order valence-corrected chi connectivity index (χ2v) is 3.98. The first-order chi connectivity index (χ1) is 8.27. The number of halogens is 1. The van der Waals surface area contributed by atoms with Crippen molar-refractivity contribution in [2.45, 2.75) is 26.7 Å². The number of hydrogen-bond acceptors (Lipinski definition) is 2. The highest BCUT2D eigenvalue weighted by atomic mass is 127. The van der Waals surface area contributed by atoms with Crippen molar-refractivity contribution in [2.24, 2.45) is 4.99 Å². The molecule has 0 unspecified atom stereocenters. The van der Waals surface area contributed by atoms with Gasteiger partial charge in [-0.1, -0.05) is 6.92 Å². The minimum absolute atomic E-state index is 0. The van der Waals surface area contributed by atoms with Crippen LogP contribution in [0.15, 0.2) is 23.5 Å². The molecule has 0 aliphatic heterocycles. The van der Waals surface area contributed by atoms with Crippen LogP contribution in [0.1, 0.15) is 24.5 Å². The van der Waals surface area contributed by atoms with Gasteiger partial charge in [0.2, 0.25) is 0 Å². The first-order valence-electron chi connectivity index (χ1n) is 6.12. The monoisotopic (exact) mass is 362 g/mol. The van der Waals surface area contributed by atoms with Crippen molar-refractivity contribution in [1.82, 2.24) is 15.6 Å². The van der Waals surface area contributed by atoms with Crippen LogP contribution in [0, 0.1) is 6.92 Å². The maximum absolute atomic E-state index is 4.16. The molecule has 0 aliphatic rings. The molecule has 0 spiro atoms. The molecular formula is C13H23IN4. The van der Waals surface area contributed by atoms with Gasteiger partial charge in [-0.15, -0.1) is 24.0 Å². The highest BCUT2D eigenvalue weighted by molar-refractivity contribution is 14.0. The lowest BCUT2D eigenvalue weighted by Gasteiger charge is -2.11. The Labute approximate surface area is 127 Å². The summed E-state index contributed by atoms with van der Waals surface area (Å²) < 4.78 is 0. The van der Waals surface area contributed by atoms with Crippen molar-refractivity contribution in [2.75, 3.05) is 20.1 Å². The molecule has 1 heterocycles. The first kappa shape index (κ1) is 17.2. The Bertz CT molecular complexity index is 366. The van der Waals surface area contributed by atoms with Crippen molar-refractivity contribution < 1.29 is 0 Å². The van der Waals surface area contributed by atoms with Crippen molar-refractivity contribution in [1.29, 1.82) is 0 Å². The third kappa shape index (κ3) is 6.18. The van der Waals surface area contributed by atoms with Crippen LogP contribution in [-0.2, 0) is 6.42 Å². The molecule has 0 aromatic carbocycles. The molecule has 0 aliphatic carbocycles. The van der Waals surface area contributed by atoms with Crippen LogP contribution in [0.4, 0.5) is 0 Å². The Hall–Kier alpha value is -0.850. The minimum atomic E-state index is 0. The van der Waals surface area contributed by atoms with Crippen molar-refractivity contribution in [3.63, 3.8) is 0 Å². The van der Waals surface area contributed by atoms with Crippen molar-refractivity contribution in [3.8, 4) is 0 Å². The largest absolute Gasteiger partial charge is 0.356 e. The highest BCUT2D eigenvalue weighted by Crippen LogP contribution is 2.04. The van der Waals surface area contributed by atoms with E-state index in [4.69, 9.17) is 0 Å². The van der Waals surface area contributed by atoms with E-state index >= 15 is 0 Å². The van der Waals surface area contributed by atoms with Gasteiger partial charge in [-0.05, 0) is 37.0 Å². The summed E-state index contributed by atoms with van der Waals surface area (Å²) in [5.41, 5.74) is 2.57. The Kier molecular flexibility index (Phi) is 9.63. The number of guanidine groups is 1. The van der Waals surface area contributed by atoms with E-state index in [0.717, 1.165) is 31.9 Å². The molecule has 18 heavy (non-hydrogen) atoms. The second-order valence-electron chi connectivity index (χ2n) is 3.98. The van der Waals surface area contributed by atoms with Gasteiger partial charge < -0.3 is 10.6 Å². The lowest BCUT2D eigenvalue weighted by molar-refractivity contribution is 0.772. The molecule has 0 saturated heterocycles. The average Bonchev–Trinajstić information content (AvgIpc) is 2.35. The smallest absolute Gasteiger partial charge is 0.190 e. The quantitative estimate of drug-likeness (QED) is 0.479. The summed E-state index contributed by atoms with van der Waals surface area (Å²) in [5.74, 6) is 0.874. The molecule has 0 amide bonds. The van der Waals surface area contributed by atoms with Crippen LogP contribution < -0.4 is 10.6 Å². The topological polar surface area (TPSA) is 49.3 Å². The van der Waals surface area contributed by atoms with Gasteiger partial charge in [0.1, 0.15) is 0 Å². The Balaban J connectivity index is 0.00000289. The molecule has 0 saturated carbocycles. The van der Waals surface area contributed by atoms with Gasteiger partial charge in [0.15, 0.2) is 5.96 Å². The number of nitrogens with one attached hydrogen (secondary N) is 2. The molecule has 1 aromatic heterocycles. The number of aromatic nitrogens is 1. The minimum Gasteiger partial charge on any atom is -0.356 e. The molecular weight excluding hydrogens is 339 g/mol. The Morgan fingerprint density at radius 2 is 2.06 bits per heavy atom. The number of nitrogens with zero attached hydrogens (tertiary/aromatic N) is 2. The molecule has 2 N–H and O–H groups in total. The van der Waals surface area contributed by atoms with Gasteiger partial charge in [-0.2, -0.15) is 0 Å². The first-order valence-corrected chi connectivity index (χ1v) is 6.12. The predicted octanol–water partition coefficient (Wildman–Crippen LogP) is 2.13. The van der Waals surface area contributed by atoms with Gasteiger partial charge in [-0.25, -0.2) is 0 Å². The molecule has 102 valence electrons. The highest BCUT2D eigenvalue weighted by Gasteiger charge is 1.99. The van der Waals surface area contributed by atoms with E-state index in [1.54, 1.807) is 7.05 Å². The van der Waals surface area contributed by atoms with Crippen LogP contribution >= 0.6 is 24.0 Å². The maximum Gasteiger partial charge on any atom is 0.190 e. The van der Waals surface area contributed by atoms with Gasteiger partial charge >= 0.3 is 0 Å². The molecule has 1 rings (SSSR count). The summed E-state index contributed by atoms with van der Waals surface area (Å²) >= 11 is 0. The third-order valence-corrected chi connectivity index (χ3v) is 2.59. The van der Waals surface area contributed by atoms with E-state index in [2.05, 4.69) is 40.5 Å². The summed E-state index contributed by atoms with van der Waals surface area (Å²) in [4.78, 5) is 8.25. The lowest BCUT2D eigenvalue weighted by Crippen LogP contribution is -2.38. The predicted molar refractivity (Wildman–Crippen MR) is 87.7 cm³/mol. The van der Waals surface area contributed by atoms with Crippen LogP contribution in [0.2, 0.25) is 0 Å². The van der Waals surface area contributed by atoms with Gasteiger partial charge in [0.05, 0.1) is 0 Å². The number of aliphatic imine (C=N–C) groups is 1. The van der Waals surface area contributed by atoms with Crippen molar-refractivity contribution in [3.05, 3.63) is 29.6 Å². The molecule has 0 radical (unpaired) electrons. The molecule has 0 atom stereocenters. The van der Waals surface area contributed by atoms with E-state index in [9.17, 15) is 0 Å². The third-order valence-electron chi connectivity index (χ3n) is 2.59. The van der Waals surface area contributed by atoms with E-state index in [0.29, 0.717) is 0 Å². The molecule has 1 aromatic rings. The fourth-order valence-corrected chi connectivity index (χ4v) is 1.56. The van der Waals surface area contributed by atoms with Crippen LogP contribution in [0.5, 0.6) is 0 Å². The SMILES string of the molecule is CCCNC(=NC)NCCc1ccncc1C.I. The summed E-state index contributed by atoms with van der Waals surface area (Å²) in [5, 5.41) is 6.54. The van der Waals surface area contributed by atoms with Crippen LogP contribution in [0.25, 0.3) is 0 Å². The van der Waals surface area contributed by atoms with Crippen molar-refractivity contribution >= 4 is 29.9 Å². The van der Waals surface area contributed by atoms with Crippen LogP contribution in [0.3, 0.4) is 0 Å². The van der Waals surface area contributed by atoms with Crippen LogP contribution in [-0.4, -0.2) is 31.1 Å². The zero-order chi connectivity index (χ0) is 12.5. The molecule has 4 nitrogen and oxygen atoms in total. The summed E-state index contributed by atoms with van der Waals surface area (Å²) in [6.45, 7) is 6.06. The van der Waals surface area contributed by atoms with E-state index in [1.807, 2.05) is 12.4 Å². The number of rotatable bonds is 5. The maximum atomic E-state index is 4.16. The van der Waals surface area contributed by atoms with Gasteiger partial charge in [0.25, 0.3) is 0 Å². The number of pyridine rings is 1. The van der Waals surface area contributed by atoms with E-state index < -0.39 is 0 Å². The fraction of sp³-hybridized carbons (Fsp3) is 0.538. The summed E-state index contributed by atoms with van der Waals surface area (Å²) in [6.07, 6.45) is 5.83. The number of aryl methyl sites for hydroxylation is 1.